The predicted molar refractivity (Wildman–Crippen MR) is 64.7 cm³/mol. The average molecular weight is 245 g/mol. The van der Waals surface area contributed by atoms with Gasteiger partial charge < -0.3 is 20.0 Å². The van der Waals surface area contributed by atoms with Crippen LogP contribution in [-0.2, 0) is 4.79 Å². The van der Waals surface area contributed by atoms with E-state index in [2.05, 4.69) is 4.90 Å². The van der Waals surface area contributed by atoms with Crippen molar-refractivity contribution in [3.8, 4) is 0 Å². The average Bonchev–Trinajstić information content (AvgIpc) is 2.30. The molecule has 100 valence electrons. The Labute approximate surface area is 102 Å². The van der Waals surface area contributed by atoms with Crippen molar-refractivity contribution in [3.63, 3.8) is 0 Å². The Kier molecular flexibility index (Phi) is 6.43. The van der Waals surface area contributed by atoms with Gasteiger partial charge in [-0.1, -0.05) is 0 Å². The Bertz CT molecular complexity index is 224. The van der Waals surface area contributed by atoms with Crippen LogP contribution in [0.25, 0.3) is 0 Å². The largest absolute Gasteiger partial charge is 0.395 e. The third-order valence-corrected chi connectivity index (χ3v) is 3.05. The minimum Gasteiger partial charge on any atom is -0.395 e. The molecule has 2 N–H and O–H groups in total. The van der Waals surface area contributed by atoms with Gasteiger partial charge in [0, 0.05) is 39.3 Å². The quantitative estimate of drug-likeness (QED) is 0.569. The molecule has 0 spiro atoms. The molecule has 1 saturated heterocycles. The molecule has 1 rings (SSSR count). The van der Waals surface area contributed by atoms with Gasteiger partial charge in [-0.25, -0.2) is 0 Å². The minimum absolute atomic E-state index is 0.00994. The summed E-state index contributed by atoms with van der Waals surface area (Å²) in [5, 5.41) is 17.7. The van der Waals surface area contributed by atoms with E-state index in [-0.39, 0.29) is 25.7 Å². The number of carbonyl (C=O) groups excluding carboxylic acids is 1. The maximum absolute atomic E-state index is 12.0. The van der Waals surface area contributed by atoms with Gasteiger partial charge in [-0.05, 0) is 7.05 Å². The zero-order valence-electron chi connectivity index (χ0n) is 10.5. The lowest BCUT2D eigenvalue weighted by atomic mass is 10.3. The van der Waals surface area contributed by atoms with Gasteiger partial charge in [0.2, 0.25) is 5.91 Å². The van der Waals surface area contributed by atoms with E-state index in [1.807, 2.05) is 11.9 Å². The number of aliphatic hydroxyl groups is 2. The zero-order valence-corrected chi connectivity index (χ0v) is 10.5. The molecule has 0 unspecified atom stereocenters. The Hall–Kier alpha value is -0.690. The maximum Gasteiger partial charge on any atom is 0.236 e. The first-order valence-electron chi connectivity index (χ1n) is 6.07. The second-order valence-corrected chi connectivity index (χ2v) is 4.41. The molecule has 1 fully saturated rings. The summed E-state index contributed by atoms with van der Waals surface area (Å²) in [5.41, 5.74) is 0. The van der Waals surface area contributed by atoms with Crippen molar-refractivity contribution < 1.29 is 15.0 Å². The normalized spacial score (nSPS) is 17.8. The Morgan fingerprint density at radius 2 is 1.65 bits per heavy atom. The maximum atomic E-state index is 12.0. The van der Waals surface area contributed by atoms with Crippen molar-refractivity contribution in [1.29, 1.82) is 0 Å². The van der Waals surface area contributed by atoms with Crippen LogP contribution < -0.4 is 0 Å². The lowest BCUT2D eigenvalue weighted by Crippen LogP contribution is -2.50. The number of aliphatic hydroxyl groups excluding tert-OH is 2. The molecule has 1 aliphatic rings. The van der Waals surface area contributed by atoms with E-state index in [0.29, 0.717) is 13.1 Å². The summed E-state index contributed by atoms with van der Waals surface area (Å²) in [6.45, 7) is 4.51. The molecule has 1 heterocycles. The van der Waals surface area contributed by atoms with E-state index in [9.17, 15) is 4.79 Å². The first-order valence-corrected chi connectivity index (χ1v) is 6.07. The zero-order chi connectivity index (χ0) is 12.7. The molecule has 0 radical (unpaired) electrons. The van der Waals surface area contributed by atoms with E-state index >= 15 is 0 Å². The highest BCUT2D eigenvalue weighted by Gasteiger charge is 2.20. The highest BCUT2D eigenvalue weighted by Crippen LogP contribution is 2.01. The number of hydrogen-bond donors (Lipinski definition) is 2. The molecule has 0 aromatic carbocycles. The number of hydrogen-bond acceptors (Lipinski definition) is 5. The number of nitrogens with zero attached hydrogens (tertiary/aromatic N) is 3. The molecule has 0 aromatic heterocycles. The van der Waals surface area contributed by atoms with Crippen LogP contribution in [0.1, 0.15) is 0 Å². The van der Waals surface area contributed by atoms with Gasteiger partial charge in [0.25, 0.3) is 0 Å². The molecule has 0 atom stereocenters. The van der Waals surface area contributed by atoms with Gasteiger partial charge in [-0.15, -0.1) is 0 Å². The van der Waals surface area contributed by atoms with Crippen molar-refractivity contribution in [3.05, 3.63) is 0 Å². The number of likely N-dealkylation sites (N-methyl/N-ethyl adjacent to an activating group) is 1. The summed E-state index contributed by atoms with van der Waals surface area (Å²) >= 11 is 0. The molecule has 1 aliphatic heterocycles. The van der Waals surface area contributed by atoms with Crippen LogP contribution in [-0.4, -0.2) is 96.9 Å². The summed E-state index contributed by atoms with van der Waals surface area (Å²) in [4.78, 5) is 17.8. The standard InChI is InChI=1S/C11H23N3O3/c1-12-2-4-14(5-3-12)11(17)10-13(6-8-15)7-9-16/h15-16H,2-10H2,1H3. The monoisotopic (exact) mass is 245 g/mol. The first kappa shape index (κ1) is 14.4. The van der Waals surface area contributed by atoms with Crippen LogP contribution in [0.5, 0.6) is 0 Å². The van der Waals surface area contributed by atoms with Crippen LogP contribution in [0.15, 0.2) is 0 Å². The highest BCUT2D eigenvalue weighted by molar-refractivity contribution is 5.78. The SMILES string of the molecule is CN1CCN(C(=O)CN(CCO)CCO)CC1. The molecule has 17 heavy (non-hydrogen) atoms. The Morgan fingerprint density at radius 3 is 2.12 bits per heavy atom. The summed E-state index contributed by atoms with van der Waals surface area (Å²) < 4.78 is 0. The van der Waals surface area contributed by atoms with Crippen LogP contribution in [0.4, 0.5) is 0 Å². The van der Waals surface area contributed by atoms with Crippen LogP contribution in [0.3, 0.4) is 0 Å². The molecule has 0 aliphatic carbocycles. The lowest BCUT2D eigenvalue weighted by Gasteiger charge is -2.33. The first-order chi connectivity index (χ1) is 8.17. The third-order valence-electron chi connectivity index (χ3n) is 3.05. The van der Waals surface area contributed by atoms with Crippen molar-refractivity contribution >= 4 is 5.91 Å². The van der Waals surface area contributed by atoms with E-state index in [4.69, 9.17) is 10.2 Å². The van der Waals surface area contributed by atoms with E-state index in [1.165, 1.54) is 0 Å². The fourth-order valence-corrected chi connectivity index (χ4v) is 1.90. The van der Waals surface area contributed by atoms with E-state index < -0.39 is 0 Å². The molecule has 6 heteroatoms. The molecule has 6 nitrogen and oxygen atoms in total. The van der Waals surface area contributed by atoms with Crippen molar-refractivity contribution in [2.24, 2.45) is 0 Å². The van der Waals surface area contributed by atoms with Gasteiger partial charge in [0.1, 0.15) is 0 Å². The second kappa shape index (κ2) is 7.60. The number of piperazine rings is 1. The second-order valence-electron chi connectivity index (χ2n) is 4.41. The van der Waals surface area contributed by atoms with Crippen LogP contribution in [0.2, 0.25) is 0 Å². The topological polar surface area (TPSA) is 67.2 Å². The third kappa shape index (κ3) is 4.99. The van der Waals surface area contributed by atoms with Crippen molar-refractivity contribution in [2.75, 3.05) is 66.1 Å². The number of carbonyl (C=O) groups is 1. The fraction of sp³-hybridized carbons (Fsp3) is 0.909. The van der Waals surface area contributed by atoms with Crippen molar-refractivity contribution in [1.82, 2.24) is 14.7 Å². The summed E-state index contributed by atoms with van der Waals surface area (Å²) in [7, 11) is 2.05. The molecular formula is C11H23N3O3. The van der Waals surface area contributed by atoms with Gasteiger partial charge in [0.05, 0.1) is 19.8 Å². The Balaban J connectivity index is 2.35. The highest BCUT2D eigenvalue weighted by atomic mass is 16.3. The summed E-state index contributed by atoms with van der Waals surface area (Å²) in [5.74, 6) is 0.0833. The van der Waals surface area contributed by atoms with Gasteiger partial charge >= 0.3 is 0 Å². The van der Waals surface area contributed by atoms with Crippen molar-refractivity contribution in [2.45, 2.75) is 0 Å². The fourth-order valence-electron chi connectivity index (χ4n) is 1.90. The predicted octanol–water partition coefficient (Wildman–Crippen LogP) is -1.95. The van der Waals surface area contributed by atoms with Crippen LogP contribution >= 0.6 is 0 Å². The summed E-state index contributed by atoms with van der Waals surface area (Å²) in [6.07, 6.45) is 0. The number of rotatable bonds is 6. The van der Waals surface area contributed by atoms with Gasteiger partial charge in [-0.3, -0.25) is 9.69 Å². The lowest BCUT2D eigenvalue weighted by molar-refractivity contribution is -0.134. The summed E-state index contributed by atoms with van der Waals surface area (Å²) in [6, 6.07) is 0. The molecule has 0 saturated carbocycles. The number of amides is 1. The Morgan fingerprint density at radius 1 is 1.12 bits per heavy atom. The molecule has 0 aromatic rings. The smallest absolute Gasteiger partial charge is 0.236 e. The van der Waals surface area contributed by atoms with E-state index in [0.717, 1.165) is 26.2 Å². The molecular weight excluding hydrogens is 222 g/mol. The van der Waals surface area contributed by atoms with Gasteiger partial charge in [0.15, 0.2) is 0 Å². The minimum atomic E-state index is 0.00994. The van der Waals surface area contributed by atoms with E-state index in [1.54, 1.807) is 4.90 Å². The molecule has 1 amide bonds. The molecule has 0 bridgehead atoms. The van der Waals surface area contributed by atoms with Gasteiger partial charge in [-0.2, -0.15) is 0 Å². The van der Waals surface area contributed by atoms with Crippen LogP contribution in [0, 0.1) is 0 Å².